The van der Waals surface area contributed by atoms with E-state index in [9.17, 15) is 4.79 Å². The van der Waals surface area contributed by atoms with Crippen LogP contribution in [0.1, 0.15) is 5.56 Å². The van der Waals surface area contributed by atoms with Crippen molar-refractivity contribution in [2.75, 3.05) is 0 Å². The van der Waals surface area contributed by atoms with Gasteiger partial charge in [-0.15, -0.1) is 0 Å². The maximum absolute atomic E-state index is 11.0. The summed E-state index contributed by atoms with van der Waals surface area (Å²) in [7, 11) is 0. The van der Waals surface area contributed by atoms with Crippen LogP contribution in [0.3, 0.4) is 0 Å². The van der Waals surface area contributed by atoms with Gasteiger partial charge >= 0.3 is 5.63 Å². The van der Waals surface area contributed by atoms with Crippen LogP contribution >= 0.6 is 0 Å². The second-order valence-corrected chi connectivity index (χ2v) is 2.72. The zero-order valence-corrected chi connectivity index (χ0v) is 7.15. The van der Waals surface area contributed by atoms with Crippen molar-refractivity contribution < 1.29 is 4.52 Å². The van der Waals surface area contributed by atoms with Gasteiger partial charge in [0, 0.05) is 5.56 Å². The van der Waals surface area contributed by atoms with Crippen LogP contribution in [0.15, 0.2) is 39.6 Å². The second-order valence-electron chi connectivity index (χ2n) is 2.72. The zero-order chi connectivity index (χ0) is 9.97. The van der Waals surface area contributed by atoms with Crippen LogP contribution < -0.4 is 5.63 Å². The molecule has 1 N–H and O–H groups in total. The van der Waals surface area contributed by atoms with Crippen molar-refractivity contribution in [1.82, 2.24) is 5.16 Å². The van der Waals surface area contributed by atoms with Gasteiger partial charge in [0.1, 0.15) is 11.8 Å². The standard InChI is InChI=1S/C10H6N2O2/c11-6-8-9(12-14-10(8)13)7-4-2-1-3-5-7/h1-5,12H. The van der Waals surface area contributed by atoms with Gasteiger partial charge in [-0.2, -0.15) is 5.26 Å². The molecule has 2 rings (SSSR count). The lowest BCUT2D eigenvalue weighted by atomic mass is 10.1. The van der Waals surface area contributed by atoms with Crippen molar-refractivity contribution in [3.05, 3.63) is 46.3 Å². The zero-order valence-electron chi connectivity index (χ0n) is 7.15. The lowest BCUT2D eigenvalue weighted by molar-refractivity contribution is 0.393. The molecule has 14 heavy (non-hydrogen) atoms. The van der Waals surface area contributed by atoms with Crippen molar-refractivity contribution in [2.24, 2.45) is 0 Å². The summed E-state index contributed by atoms with van der Waals surface area (Å²) in [5, 5.41) is 11.2. The number of benzene rings is 1. The first-order chi connectivity index (χ1) is 6.83. The van der Waals surface area contributed by atoms with E-state index in [1.54, 1.807) is 18.2 Å². The molecule has 0 unspecified atom stereocenters. The summed E-state index contributed by atoms with van der Waals surface area (Å²) in [6.45, 7) is 0. The monoisotopic (exact) mass is 186 g/mol. The van der Waals surface area contributed by atoms with Crippen molar-refractivity contribution in [3.63, 3.8) is 0 Å². The first kappa shape index (κ1) is 8.32. The van der Waals surface area contributed by atoms with Crippen LogP contribution in [0.2, 0.25) is 0 Å². The van der Waals surface area contributed by atoms with E-state index in [2.05, 4.69) is 9.68 Å². The minimum absolute atomic E-state index is 0.0104. The number of nitrogens with one attached hydrogen (secondary N) is 1. The van der Waals surface area contributed by atoms with Gasteiger partial charge in [0.25, 0.3) is 0 Å². The molecule has 0 spiro atoms. The Morgan fingerprint density at radius 1 is 1.29 bits per heavy atom. The Hall–Kier alpha value is -2.28. The van der Waals surface area contributed by atoms with Gasteiger partial charge in [0.15, 0.2) is 5.56 Å². The smallest absolute Gasteiger partial charge is 0.337 e. The van der Waals surface area contributed by atoms with Crippen LogP contribution in [0.5, 0.6) is 0 Å². The number of nitrogens with zero attached hydrogens (tertiary/aromatic N) is 1. The number of aromatic nitrogens is 1. The molecule has 0 aliphatic carbocycles. The van der Waals surface area contributed by atoms with E-state index in [4.69, 9.17) is 5.26 Å². The molecule has 0 saturated heterocycles. The average molecular weight is 186 g/mol. The summed E-state index contributed by atoms with van der Waals surface area (Å²) >= 11 is 0. The fraction of sp³-hybridized carbons (Fsp3) is 0. The molecule has 1 aromatic heterocycles. The van der Waals surface area contributed by atoms with E-state index >= 15 is 0 Å². The molecule has 1 heterocycles. The van der Waals surface area contributed by atoms with Gasteiger partial charge in [-0.3, -0.25) is 0 Å². The minimum atomic E-state index is -0.633. The Bertz CT molecular complexity index is 531. The molecule has 4 heteroatoms. The number of nitriles is 1. The predicted molar refractivity (Wildman–Crippen MR) is 49.5 cm³/mol. The largest absolute Gasteiger partial charge is 0.375 e. The third-order valence-electron chi connectivity index (χ3n) is 1.87. The summed E-state index contributed by atoms with van der Waals surface area (Å²) in [5.41, 5.74) is 0.565. The number of hydrogen-bond acceptors (Lipinski definition) is 3. The lowest BCUT2D eigenvalue weighted by Crippen LogP contribution is -1.96. The van der Waals surface area contributed by atoms with Crippen molar-refractivity contribution in [1.29, 1.82) is 5.26 Å². The first-order valence-corrected chi connectivity index (χ1v) is 4.00. The summed E-state index contributed by atoms with van der Waals surface area (Å²) < 4.78 is 4.54. The highest BCUT2D eigenvalue weighted by Gasteiger charge is 2.12. The van der Waals surface area contributed by atoms with Gasteiger partial charge in [0.05, 0.1) is 0 Å². The van der Waals surface area contributed by atoms with Crippen LogP contribution in [0.4, 0.5) is 0 Å². The SMILES string of the molecule is N#Cc1c(-c2ccccc2)[nH]oc1=O. The van der Waals surface area contributed by atoms with E-state index in [1.165, 1.54) is 0 Å². The number of hydrogen-bond donors (Lipinski definition) is 1. The van der Waals surface area contributed by atoms with Gasteiger partial charge in [0.2, 0.25) is 0 Å². The molecule has 0 fully saturated rings. The quantitative estimate of drug-likeness (QED) is 0.733. The Morgan fingerprint density at radius 3 is 2.64 bits per heavy atom. The topological polar surface area (TPSA) is 69.8 Å². The van der Waals surface area contributed by atoms with E-state index in [0.29, 0.717) is 5.69 Å². The van der Waals surface area contributed by atoms with Crippen LogP contribution in [-0.2, 0) is 0 Å². The first-order valence-electron chi connectivity index (χ1n) is 4.00. The van der Waals surface area contributed by atoms with Crippen molar-refractivity contribution >= 4 is 0 Å². The molecule has 0 saturated carbocycles. The fourth-order valence-electron chi connectivity index (χ4n) is 1.21. The predicted octanol–water partition coefficient (Wildman–Crippen LogP) is 1.51. The van der Waals surface area contributed by atoms with Crippen LogP contribution in [-0.4, -0.2) is 5.16 Å². The van der Waals surface area contributed by atoms with Crippen molar-refractivity contribution in [2.45, 2.75) is 0 Å². The normalized spacial score (nSPS) is 9.64. The van der Waals surface area contributed by atoms with E-state index in [0.717, 1.165) is 5.56 Å². The maximum Gasteiger partial charge on any atom is 0.375 e. The molecule has 0 atom stereocenters. The highest BCUT2D eigenvalue weighted by atomic mass is 16.5. The summed E-state index contributed by atoms with van der Waals surface area (Å²) in [4.78, 5) is 11.0. The van der Waals surface area contributed by atoms with E-state index in [-0.39, 0.29) is 5.56 Å². The Balaban J connectivity index is 2.65. The summed E-state index contributed by atoms with van der Waals surface area (Å²) in [5.74, 6) is 0. The molecule has 0 aliphatic rings. The summed E-state index contributed by atoms with van der Waals surface area (Å²) in [6, 6.07) is 10.9. The van der Waals surface area contributed by atoms with Crippen molar-refractivity contribution in [3.8, 4) is 17.3 Å². The second kappa shape index (κ2) is 3.23. The lowest BCUT2D eigenvalue weighted by Gasteiger charge is -1.94. The fourth-order valence-corrected chi connectivity index (χ4v) is 1.21. The molecule has 68 valence electrons. The summed E-state index contributed by atoms with van der Waals surface area (Å²) in [6.07, 6.45) is 0. The van der Waals surface area contributed by atoms with E-state index < -0.39 is 5.63 Å². The molecule has 1 aromatic carbocycles. The van der Waals surface area contributed by atoms with Gasteiger partial charge < -0.3 is 4.52 Å². The van der Waals surface area contributed by atoms with Gasteiger partial charge in [-0.25, -0.2) is 9.95 Å². The van der Waals surface area contributed by atoms with Gasteiger partial charge in [-0.05, 0) is 0 Å². The molecule has 0 bridgehead atoms. The molecule has 0 radical (unpaired) electrons. The van der Waals surface area contributed by atoms with Crippen LogP contribution in [0, 0.1) is 11.3 Å². The van der Waals surface area contributed by atoms with Crippen LogP contribution in [0.25, 0.3) is 11.3 Å². The molecule has 2 aromatic rings. The minimum Gasteiger partial charge on any atom is -0.337 e. The highest BCUT2D eigenvalue weighted by molar-refractivity contribution is 5.64. The van der Waals surface area contributed by atoms with E-state index in [1.807, 2.05) is 18.2 Å². The number of rotatable bonds is 1. The third kappa shape index (κ3) is 1.21. The van der Waals surface area contributed by atoms with Gasteiger partial charge in [-0.1, -0.05) is 30.3 Å². The highest BCUT2D eigenvalue weighted by Crippen LogP contribution is 2.17. The average Bonchev–Trinajstić information content (AvgIpc) is 2.61. The molecular weight excluding hydrogens is 180 g/mol. The third-order valence-corrected chi connectivity index (χ3v) is 1.87. The Morgan fingerprint density at radius 2 is 2.00 bits per heavy atom. The molecular formula is C10H6N2O2. The maximum atomic E-state index is 11.0. The molecule has 0 amide bonds. The Kier molecular flexibility index (Phi) is 1.92. The Labute approximate surface area is 79.4 Å². The number of H-pyrrole nitrogens is 1. The number of aromatic amines is 1. The molecule has 0 aliphatic heterocycles. The molecule has 4 nitrogen and oxygen atoms in total.